The largest absolute Gasteiger partial charge is 0.365 e. The zero-order chi connectivity index (χ0) is 22.4. The molecule has 31 heavy (non-hydrogen) atoms. The predicted molar refractivity (Wildman–Crippen MR) is 117 cm³/mol. The second kappa shape index (κ2) is 7.82. The number of anilines is 1. The third-order valence-electron chi connectivity index (χ3n) is 4.63. The Bertz CT molecular complexity index is 1340. The van der Waals surface area contributed by atoms with E-state index in [-0.39, 0.29) is 15.4 Å². The first-order chi connectivity index (χ1) is 14.7. The van der Waals surface area contributed by atoms with Crippen LogP contribution in [0.4, 0.5) is 14.5 Å². The summed E-state index contributed by atoms with van der Waals surface area (Å²) >= 11 is 2.29. The van der Waals surface area contributed by atoms with E-state index in [9.17, 15) is 18.4 Å². The van der Waals surface area contributed by atoms with E-state index in [4.69, 9.17) is 5.73 Å². The van der Waals surface area contributed by atoms with Crippen LogP contribution < -0.4 is 11.1 Å². The van der Waals surface area contributed by atoms with Crippen LogP contribution in [0, 0.1) is 13.8 Å². The summed E-state index contributed by atoms with van der Waals surface area (Å²) in [5, 5.41) is 7.30. The smallest absolute Gasteiger partial charge is 0.280 e. The van der Waals surface area contributed by atoms with Crippen LogP contribution in [0.15, 0.2) is 24.4 Å². The Hall–Kier alpha value is -3.18. The molecule has 0 aliphatic heterocycles. The number of pyridine rings is 1. The minimum atomic E-state index is -2.79. The molecule has 4 aromatic rings. The van der Waals surface area contributed by atoms with Crippen LogP contribution in [0.2, 0.25) is 0 Å². The molecule has 0 aliphatic rings. The number of nitrogens with one attached hydrogen (secondary N) is 1. The summed E-state index contributed by atoms with van der Waals surface area (Å²) in [5.74, 6) is -1.27. The maximum atomic E-state index is 13.5. The number of nitrogens with zero attached hydrogens (tertiary/aromatic N) is 3. The zero-order valence-electron chi connectivity index (χ0n) is 16.7. The van der Waals surface area contributed by atoms with Gasteiger partial charge < -0.3 is 11.1 Å². The number of carbonyl (C=O) groups is 2. The number of carbonyl (C=O) groups excluding carboxylic acids is 2. The van der Waals surface area contributed by atoms with Gasteiger partial charge in [-0.05, 0) is 32.0 Å². The second-order valence-electron chi connectivity index (χ2n) is 6.91. The van der Waals surface area contributed by atoms with E-state index in [2.05, 4.69) is 15.4 Å². The van der Waals surface area contributed by atoms with Crippen LogP contribution >= 0.6 is 22.7 Å². The molecule has 7 nitrogen and oxygen atoms in total. The molecule has 4 aromatic heterocycles. The third-order valence-corrected chi connectivity index (χ3v) is 6.76. The van der Waals surface area contributed by atoms with Crippen molar-refractivity contribution in [3.63, 3.8) is 0 Å². The van der Waals surface area contributed by atoms with Crippen molar-refractivity contribution in [3.05, 3.63) is 51.1 Å². The lowest BCUT2D eigenvalue weighted by atomic mass is 10.1. The van der Waals surface area contributed by atoms with E-state index >= 15 is 0 Å². The first-order valence-corrected chi connectivity index (χ1v) is 10.7. The van der Waals surface area contributed by atoms with Crippen molar-refractivity contribution < 1.29 is 18.4 Å². The van der Waals surface area contributed by atoms with Crippen LogP contribution in [0.1, 0.15) is 42.7 Å². The van der Waals surface area contributed by atoms with Crippen molar-refractivity contribution in [2.24, 2.45) is 12.8 Å². The fraction of sp³-hybridized carbons (Fsp3) is 0.200. The predicted octanol–water partition coefficient (Wildman–Crippen LogP) is 4.66. The fourth-order valence-corrected chi connectivity index (χ4v) is 5.20. The summed E-state index contributed by atoms with van der Waals surface area (Å²) in [7, 11) is 1.69. The number of amides is 2. The lowest BCUT2D eigenvalue weighted by Crippen LogP contribution is -2.17. The van der Waals surface area contributed by atoms with E-state index in [0.717, 1.165) is 16.2 Å². The SMILES string of the molecule is Cc1ccc(-c2cc(C(F)F)nc3sc(C(N)=O)c(NC(=O)c4cn(C)nc4C)c23)s1. The Kier molecular flexibility index (Phi) is 5.31. The van der Waals surface area contributed by atoms with Gasteiger partial charge in [0, 0.05) is 33.9 Å². The minimum Gasteiger partial charge on any atom is -0.365 e. The summed E-state index contributed by atoms with van der Waals surface area (Å²) in [6.45, 7) is 3.59. The number of aryl methyl sites for hydroxylation is 3. The molecule has 11 heteroatoms. The Morgan fingerprint density at radius 3 is 2.52 bits per heavy atom. The van der Waals surface area contributed by atoms with Gasteiger partial charge in [-0.1, -0.05) is 0 Å². The summed E-state index contributed by atoms with van der Waals surface area (Å²) in [6, 6.07) is 4.97. The highest BCUT2D eigenvalue weighted by Crippen LogP contribution is 2.44. The van der Waals surface area contributed by atoms with E-state index in [0.29, 0.717) is 27.1 Å². The maximum Gasteiger partial charge on any atom is 0.280 e. The lowest BCUT2D eigenvalue weighted by molar-refractivity contribution is 0.100. The van der Waals surface area contributed by atoms with Crippen LogP contribution in [-0.4, -0.2) is 26.6 Å². The molecule has 160 valence electrons. The van der Waals surface area contributed by atoms with Gasteiger partial charge in [-0.2, -0.15) is 5.10 Å². The molecular weight excluding hydrogens is 444 g/mol. The maximum absolute atomic E-state index is 13.5. The Balaban J connectivity index is 1.96. The Morgan fingerprint density at radius 1 is 1.23 bits per heavy atom. The lowest BCUT2D eigenvalue weighted by Gasteiger charge is -2.09. The topological polar surface area (TPSA) is 103 Å². The van der Waals surface area contributed by atoms with E-state index < -0.39 is 23.9 Å². The molecule has 0 atom stereocenters. The molecular formula is C20H17F2N5O2S2. The first kappa shape index (κ1) is 21.1. The van der Waals surface area contributed by atoms with Gasteiger partial charge in [0.05, 0.1) is 16.9 Å². The van der Waals surface area contributed by atoms with E-state index in [1.54, 1.807) is 20.2 Å². The number of halogens is 2. The van der Waals surface area contributed by atoms with Crippen LogP contribution in [-0.2, 0) is 7.05 Å². The average molecular weight is 462 g/mol. The highest BCUT2D eigenvalue weighted by molar-refractivity contribution is 7.21. The number of hydrogen-bond acceptors (Lipinski definition) is 6. The van der Waals surface area contributed by atoms with Crippen molar-refractivity contribution in [2.75, 3.05) is 5.32 Å². The van der Waals surface area contributed by atoms with Crippen molar-refractivity contribution in [1.82, 2.24) is 14.8 Å². The van der Waals surface area contributed by atoms with Gasteiger partial charge >= 0.3 is 0 Å². The Labute approximate surface area is 183 Å². The quantitative estimate of drug-likeness (QED) is 0.451. The van der Waals surface area contributed by atoms with Crippen LogP contribution in [0.3, 0.4) is 0 Å². The molecule has 0 unspecified atom stereocenters. The molecule has 2 amide bonds. The number of aromatic nitrogens is 3. The molecule has 0 saturated carbocycles. The standard InChI is InChI=1S/C20H17F2N5O2S2/c1-8-4-5-13(30-8)10-6-12(17(21)22)24-20-14(10)15(16(31-20)18(23)28)25-19(29)11-7-27(3)26-9(11)2/h4-7,17H,1-3H3,(H2,23,28)(H,25,29). The van der Waals surface area contributed by atoms with Crippen LogP contribution in [0.5, 0.6) is 0 Å². The number of alkyl halides is 2. The van der Waals surface area contributed by atoms with Crippen LogP contribution in [0.25, 0.3) is 20.7 Å². The van der Waals surface area contributed by atoms with Gasteiger partial charge in [-0.3, -0.25) is 14.3 Å². The van der Waals surface area contributed by atoms with Gasteiger partial charge in [-0.25, -0.2) is 13.8 Å². The molecule has 0 aliphatic carbocycles. The first-order valence-electron chi connectivity index (χ1n) is 9.09. The summed E-state index contributed by atoms with van der Waals surface area (Å²) in [5.41, 5.74) is 6.59. The number of fused-ring (bicyclic) bond motifs is 1. The number of rotatable bonds is 5. The normalized spacial score (nSPS) is 11.4. The molecule has 0 bridgehead atoms. The van der Waals surface area contributed by atoms with E-state index in [1.165, 1.54) is 22.1 Å². The molecule has 0 saturated heterocycles. The van der Waals surface area contributed by atoms with Gasteiger partial charge in [0.15, 0.2) is 0 Å². The number of nitrogens with two attached hydrogens (primary N) is 1. The van der Waals surface area contributed by atoms with Crippen molar-refractivity contribution in [1.29, 1.82) is 0 Å². The zero-order valence-corrected chi connectivity index (χ0v) is 18.3. The van der Waals surface area contributed by atoms with Gasteiger partial charge in [0.2, 0.25) is 0 Å². The second-order valence-corrected chi connectivity index (χ2v) is 9.20. The average Bonchev–Trinajstić information content (AvgIpc) is 3.38. The summed E-state index contributed by atoms with van der Waals surface area (Å²) < 4.78 is 28.5. The molecule has 0 fully saturated rings. The van der Waals surface area contributed by atoms with Gasteiger partial charge in [0.25, 0.3) is 18.2 Å². The minimum absolute atomic E-state index is 0.0401. The molecule has 0 aromatic carbocycles. The third kappa shape index (κ3) is 3.81. The number of hydrogen-bond donors (Lipinski definition) is 2. The van der Waals surface area contributed by atoms with Crippen molar-refractivity contribution >= 4 is 50.4 Å². The molecule has 4 rings (SSSR count). The van der Waals surface area contributed by atoms with E-state index in [1.807, 2.05) is 19.1 Å². The fourth-order valence-electron chi connectivity index (χ4n) is 3.30. The molecule has 4 heterocycles. The van der Waals surface area contributed by atoms with Crippen molar-refractivity contribution in [3.8, 4) is 10.4 Å². The summed E-state index contributed by atoms with van der Waals surface area (Å²) in [4.78, 5) is 31.1. The number of primary amides is 1. The highest BCUT2D eigenvalue weighted by atomic mass is 32.1. The van der Waals surface area contributed by atoms with Gasteiger partial charge in [-0.15, -0.1) is 22.7 Å². The summed E-state index contributed by atoms with van der Waals surface area (Å²) in [6.07, 6.45) is -1.24. The molecule has 3 N–H and O–H groups in total. The monoisotopic (exact) mass is 461 g/mol. The number of thiophene rings is 2. The van der Waals surface area contributed by atoms with Gasteiger partial charge in [0.1, 0.15) is 15.4 Å². The Morgan fingerprint density at radius 2 is 1.97 bits per heavy atom. The molecule has 0 spiro atoms. The van der Waals surface area contributed by atoms with Crippen molar-refractivity contribution in [2.45, 2.75) is 20.3 Å². The highest BCUT2D eigenvalue weighted by Gasteiger charge is 2.26. The molecule has 0 radical (unpaired) electrons.